The van der Waals surface area contributed by atoms with Gasteiger partial charge in [-0.05, 0) is 5.57 Å². The van der Waals surface area contributed by atoms with Gasteiger partial charge in [-0.15, -0.1) is 0 Å². The van der Waals surface area contributed by atoms with Crippen molar-refractivity contribution in [2.75, 3.05) is 0 Å². The average molecular weight is 203 g/mol. The van der Waals surface area contributed by atoms with Crippen molar-refractivity contribution in [1.82, 2.24) is 5.43 Å². The molecule has 0 aromatic heterocycles. The van der Waals surface area contributed by atoms with E-state index in [0.29, 0.717) is 0 Å². The van der Waals surface area contributed by atoms with E-state index < -0.39 is 0 Å². The van der Waals surface area contributed by atoms with Gasteiger partial charge in [0.05, 0.1) is 6.04 Å². The van der Waals surface area contributed by atoms with Gasteiger partial charge in [-0.3, -0.25) is 5.43 Å². The summed E-state index contributed by atoms with van der Waals surface area (Å²) in [5, 5.41) is 3.70. The first-order valence-corrected chi connectivity index (χ1v) is 4.28. The SMILES string of the molecule is ClC=NNC1C=CC=CC1=CCl. The molecule has 0 radical (unpaired) electrons. The molecule has 1 rings (SSSR count). The largest absolute Gasteiger partial charge is 0.298 e. The van der Waals surface area contributed by atoms with Gasteiger partial charge < -0.3 is 0 Å². The second-order valence-corrected chi connectivity index (χ2v) is 2.60. The number of nitrogens with one attached hydrogen (secondary N) is 1. The fourth-order valence-corrected chi connectivity index (χ4v) is 1.15. The quantitative estimate of drug-likeness (QED) is 0.540. The van der Waals surface area contributed by atoms with E-state index in [-0.39, 0.29) is 6.04 Å². The normalized spacial score (nSPS) is 25.5. The molecule has 0 amide bonds. The van der Waals surface area contributed by atoms with E-state index in [1.165, 1.54) is 11.2 Å². The fourth-order valence-electron chi connectivity index (χ4n) is 0.887. The zero-order chi connectivity index (χ0) is 8.81. The van der Waals surface area contributed by atoms with Gasteiger partial charge in [-0.25, -0.2) is 0 Å². The van der Waals surface area contributed by atoms with Gasteiger partial charge in [-0.1, -0.05) is 47.5 Å². The lowest BCUT2D eigenvalue weighted by Crippen LogP contribution is -2.24. The van der Waals surface area contributed by atoms with Crippen LogP contribution in [0.15, 0.2) is 40.5 Å². The minimum Gasteiger partial charge on any atom is -0.298 e. The number of hydrazone groups is 1. The van der Waals surface area contributed by atoms with Gasteiger partial charge in [0, 0.05) is 5.54 Å². The van der Waals surface area contributed by atoms with Crippen LogP contribution < -0.4 is 5.43 Å². The Hall–Kier alpha value is -0.730. The first kappa shape index (κ1) is 9.36. The molecule has 1 aliphatic carbocycles. The summed E-state index contributed by atoms with van der Waals surface area (Å²) in [5.41, 5.74) is 6.47. The second kappa shape index (κ2) is 5.01. The maximum absolute atomic E-state index is 5.58. The summed E-state index contributed by atoms with van der Waals surface area (Å²) < 4.78 is 0. The first-order chi connectivity index (χ1) is 5.88. The van der Waals surface area contributed by atoms with Crippen LogP contribution in [-0.2, 0) is 0 Å². The monoisotopic (exact) mass is 202 g/mol. The first-order valence-electron chi connectivity index (χ1n) is 3.41. The molecular formula is C8H8Cl2N2. The van der Waals surface area contributed by atoms with Crippen molar-refractivity contribution in [3.63, 3.8) is 0 Å². The highest BCUT2D eigenvalue weighted by Gasteiger charge is 2.08. The van der Waals surface area contributed by atoms with Crippen LogP contribution in [0.2, 0.25) is 0 Å². The molecule has 0 fully saturated rings. The molecule has 1 unspecified atom stereocenters. The minimum atomic E-state index is 0.0162. The van der Waals surface area contributed by atoms with Crippen molar-refractivity contribution in [3.05, 3.63) is 35.4 Å². The number of allylic oxidation sites excluding steroid dienone is 2. The Bertz CT molecular complexity index is 254. The summed E-state index contributed by atoms with van der Waals surface area (Å²) >= 11 is 10.8. The smallest absolute Gasteiger partial charge is 0.113 e. The maximum Gasteiger partial charge on any atom is 0.113 e. The third kappa shape index (κ3) is 2.40. The van der Waals surface area contributed by atoms with Crippen LogP contribution in [0.4, 0.5) is 0 Å². The molecule has 0 heterocycles. The average Bonchev–Trinajstić information content (AvgIpc) is 2.15. The molecule has 1 aliphatic rings. The van der Waals surface area contributed by atoms with Gasteiger partial charge in [0.2, 0.25) is 0 Å². The van der Waals surface area contributed by atoms with E-state index in [1.54, 1.807) is 0 Å². The molecule has 0 aromatic rings. The lowest BCUT2D eigenvalue weighted by molar-refractivity contribution is 0.705. The predicted molar refractivity (Wildman–Crippen MR) is 53.5 cm³/mol. The molecule has 1 atom stereocenters. The molecular weight excluding hydrogens is 195 g/mol. The second-order valence-electron chi connectivity index (χ2n) is 2.19. The summed E-state index contributed by atoms with van der Waals surface area (Å²) in [6, 6.07) is 0.0162. The number of hydrogen-bond donors (Lipinski definition) is 1. The Morgan fingerprint density at radius 2 is 2.25 bits per heavy atom. The molecule has 0 spiro atoms. The third-order valence-corrected chi connectivity index (χ3v) is 1.80. The predicted octanol–water partition coefficient (Wildman–Crippen LogP) is 2.38. The molecule has 4 heteroatoms. The molecule has 64 valence electrons. The Labute approximate surface area is 81.2 Å². The van der Waals surface area contributed by atoms with Gasteiger partial charge in [-0.2, -0.15) is 5.10 Å². The number of nitrogens with zero attached hydrogens (tertiary/aromatic N) is 1. The van der Waals surface area contributed by atoms with Gasteiger partial charge in [0.1, 0.15) is 5.67 Å². The van der Waals surface area contributed by atoms with Gasteiger partial charge in [0.25, 0.3) is 0 Å². The van der Waals surface area contributed by atoms with Crippen molar-refractivity contribution < 1.29 is 0 Å². The highest BCUT2D eigenvalue weighted by molar-refractivity contribution is 6.56. The lowest BCUT2D eigenvalue weighted by atomic mass is 10.1. The number of halogens is 2. The summed E-state index contributed by atoms with van der Waals surface area (Å²) in [5.74, 6) is 0. The van der Waals surface area contributed by atoms with Crippen molar-refractivity contribution in [2.24, 2.45) is 5.10 Å². The van der Waals surface area contributed by atoms with E-state index >= 15 is 0 Å². The molecule has 2 nitrogen and oxygen atoms in total. The van der Waals surface area contributed by atoms with E-state index in [0.717, 1.165) is 5.57 Å². The fraction of sp³-hybridized carbons (Fsp3) is 0.125. The molecule has 0 saturated carbocycles. The highest BCUT2D eigenvalue weighted by Crippen LogP contribution is 2.12. The lowest BCUT2D eigenvalue weighted by Gasteiger charge is -2.14. The third-order valence-electron chi connectivity index (χ3n) is 1.45. The van der Waals surface area contributed by atoms with E-state index in [1.807, 2.05) is 24.3 Å². The van der Waals surface area contributed by atoms with Crippen LogP contribution in [0.5, 0.6) is 0 Å². The van der Waals surface area contributed by atoms with E-state index in [2.05, 4.69) is 10.5 Å². The molecule has 1 N–H and O–H groups in total. The molecule has 0 saturated heterocycles. The summed E-state index contributed by atoms with van der Waals surface area (Å²) in [6.45, 7) is 0. The van der Waals surface area contributed by atoms with E-state index in [9.17, 15) is 0 Å². The number of hydrogen-bond acceptors (Lipinski definition) is 2. The summed E-state index contributed by atoms with van der Waals surface area (Å²) in [6.07, 6.45) is 7.69. The number of rotatable bonds is 2. The molecule has 0 aromatic carbocycles. The summed E-state index contributed by atoms with van der Waals surface area (Å²) in [7, 11) is 0. The maximum atomic E-state index is 5.58. The standard InChI is InChI=1S/C8H8Cl2N2/c9-5-7-3-1-2-4-8(7)12-11-6-10/h1-6,8,12H. The van der Waals surface area contributed by atoms with Crippen molar-refractivity contribution in [1.29, 1.82) is 0 Å². The van der Waals surface area contributed by atoms with Crippen LogP contribution in [0, 0.1) is 0 Å². The van der Waals surface area contributed by atoms with Gasteiger partial charge >= 0.3 is 0 Å². The van der Waals surface area contributed by atoms with Crippen LogP contribution in [0.25, 0.3) is 0 Å². The van der Waals surface area contributed by atoms with Crippen molar-refractivity contribution in [3.8, 4) is 0 Å². The Morgan fingerprint density at radius 3 is 2.92 bits per heavy atom. The van der Waals surface area contributed by atoms with Crippen LogP contribution in [-0.4, -0.2) is 11.7 Å². The summed E-state index contributed by atoms with van der Waals surface area (Å²) in [4.78, 5) is 0. The zero-order valence-electron chi connectivity index (χ0n) is 6.24. The molecule has 0 bridgehead atoms. The van der Waals surface area contributed by atoms with Crippen molar-refractivity contribution in [2.45, 2.75) is 6.04 Å². The van der Waals surface area contributed by atoms with Crippen LogP contribution >= 0.6 is 23.2 Å². The van der Waals surface area contributed by atoms with E-state index in [4.69, 9.17) is 23.2 Å². The molecule has 12 heavy (non-hydrogen) atoms. The van der Waals surface area contributed by atoms with Crippen LogP contribution in [0.1, 0.15) is 0 Å². The Morgan fingerprint density at radius 1 is 1.42 bits per heavy atom. The highest BCUT2D eigenvalue weighted by atomic mass is 35.5. The van der Waals surface area contributed by atoms with Crippen molar-refractivity contribution >= 4 is 28.9 Å². The molecule has 0 aliphatic heterocycles. The van der Waals surface area contributed by atoms with Gasteiger partial charge in [0.15, 0.2) is 0 Å². The topological polar surface area (TPSA) is 24.4 Å². The zero-order valence-corrected chi connectivity index (χ0v) is 7.76. The Balaban J connectivity index is 2.63. The Kier molecular flexibility index (Phi) is 3.91. The van der Waals surface area contributed by atoms with Crippen LogP contribution in [0.3, 0.4) is 0 Å². The minimum absolute atomic E-state index is 0.0162.